The molecule has 1 fully saturated rings. The predicted molar refractivity (Wildman–Crippen MR) is 81.4 cm³/mol. The second-order valence-electron chi connectivity index (χ2n) is 5.56. The molecule has 1 aromatic rings. The fraction of sp³-hybridized carbons (Fsp3) is 0.500. The van der Waals surface area contributed by atoms with Crippen molar-refractivity contribution in [3.8, 4) is 0 Å². The zero-order chi connectivity index (χ0) is 15.2. The highest BCUT2D eigenvalue weighted by Gasteiger charge is 2.22. The van der Waals surface area contributed by atoms with Crippen LogP contribution >= 0.6 is 0 Å². The minimum Gasteiger partial charge on any atom is -0.481 e. The van der Waals surface area contributed by atoms with Gasteiger partial charge in [-0.3, -0.25) is 4.79 Å². The number of nitrogens with zero attached hydrogens (tertiary/aromatic N) is 1. The summed E-state index contributed by atoms with van der Waals surface area (Å²) in [6.07, 6.45) is 3.29. The lowest BCUT2D eigenvalue weighted by molar-refractivity contribution is -0.136. The highest BCUT2D eigenvalue weighted by molar-refractivity contribution is 5.89. The second kappa shape index (κ2) is 7.11. The molecule has 0 bridgehead atoms. The summed E-state index contributed by atoms with van der Waals surface area (Å²) in [5.74, 6) is -0.289. The van der Waals surface area contributed by atoms with Gasteiger partial charge in [-0.2, -0.15) is 0 Å². The average Bonchev–Trinajstić information content (AvgIpc) is 2.47. The molecule has 5 heteroatoms. The maximum Gasteiger partial charge on any atom is 0.321 e. The zero-order valence-corrected chi connectivity index (χ0v) is 12.3. The van der Waals surface area contributed by atoms with E-state index < -0.39 is 5.97 Å². The predicted octanol–water partition coefficient (Wildman–Crippen LogP) is 2.97. The number of anilines is 1. The summed E-state index contributed by atoms with van der Waals surface area (Å²) in [6.45, 7) is 3.75. The van der Waals surface area contributed by atoms with Crippen LogP contribution in [0.15, 0.2) is 24.3 Å². The number of aliphatic carboxylic acids is 1. The number of carboxylic acid groups (broad SMARTS) is 1. The van der Waals surface area contributed by atoms with Crippen LogP contribution in [0.3, 0.4) is 0 Å². The number of rotatable bonds is 4. The third kappa shape index (κ3) is 4.48. The van der Waals surface area contributed by atoms with Crippen LogP contribution in [0.1, 0.15) is 31.7 Å². The number of benzene rings is 1. The summed E-state index contributed by atoms with van der Waals surface area (Å²) in [6, 6.07) is 6.91. The first-order valence-corrected chi connectivity index (χ1v) is 7.45. The second-order valence-corrected chi connectivity index (χ2v) is 5.56. The molecule has 0 saturated carbocycles. The van der Waals surface area contributed by atoms with Crippen LogP contribution in [-0.4, -0.2) is 35.1 Å². The van der Waals surface area contributed by atoms with E-state index in [9.17, 15) is 9.59 Å². The Morgan fingerprint density at radius 2 is 2.24 bits per heavy atom. The van der Waals surface area contributed by atoms with Crippen molar-refractivity contribution in [2.75, 3.05) is 18.4 Å². The third-order valence-electron chi connectivity index (χ3n) is 3.92. The number of hydrogen-bond acceptors (Lipinski definition) is 2. The Kier molecular flexibility index (Phi) is 5.20. The average molecular weight is 290 g/mol. The van der Waals surface area contributed by atoms with Crippen LogP contribution in [-0.2, 0) is 11.2 Å². The van der Waals surface area contributed by atoms with Crippen molar-refractivity contribution < 1.29 is 14.7 Å². The number of carbonyl (C=O) groups excluding carboxylic acids is 1. The molecule has 2 N–H and O–H groups in total. The van der Waals surface area contributed by atoms with E-state index in [1.807, 2.05) is 4.90 Å². The highest BCUT2D eigenvalue weighted by atomic mass is 16.4. The van der Waals surface area contributed by atoms with E-state index in [1.54, 1.807) is 24.3 Å². The molecular weight excluding hydrogens is 268 g/mol. The Morgan fingerprint density at radius 1 is 1.43 bits per heavy atom. The maximum absolute atomic E-state index is 12.3. The molecule has 1 aliphatic heterocycles. The van der Waals surface area contributed by atoms with Gasteiger partial charge in [0.05, 0.1) is 6.42 Å². The molecule has 1 unspecified atom stereocenters. The SMILES string of the molecule is CCC1CCCN(C(=O)Nc2cccc(CC(=O)O)c2)C1. The number of likely N-dealkylation sites (tertiary alicyclic amines) is 1. The third-order valence-corrected chi connectivity index (χ3v) is 3.92. The first-order valence-electron chi connectivity index (χ1n) is 7.45. The van der Waals surface area contributed by atoms with Gasteiger partial charge in [-0.25, -0.2) is 4.79 Å². The Morgan fingerprint density at radius 3 is 2.95 bits per heavy atom. The van der Waals surface area contributed by atoms with Gasteiger partial charge in [0, 0.05) is 18.8 Å². The van der Waals surface area contributed by atoms with E-state index in [4.69, 9.17) is 5.11 Å². The molecule has 2 amide bonds. The molecule has 1 saturated heterocycles. The molecule has 1 aromatic carbocycles. The van der Waals surface area contributed by atoms with Crippen LogP contribution in [0.5, 0.6) is 0 Å². The minimum absolute atomic E-state index is 0.0364. The Hall–Kier alpha value is -2.04. The van der Waals surface area contributed by atoms with E-state index in [1.165, 1.54) is 6.42 Å². The summed E-state index contributed by atoms with van der Waals surface area (Å²) >= 11 is 0. The van der Waals surface area contributed by atoms with Crippen molar-refractivity contribution in [3.63, 3.8) is 0 Å². The van der Waals surface area contributed by atoms with Gasteiger partial charge < -0.3 is 15.3 Å². The molecule has 1 heterocycles. The van der Waals surface area contributed by atoms with Crippen molar-refractivity contribution >= 4 is 17.7 Å². The van der Waals surface area contributed by atoms with Gasteiger partial charge in [0.25, 0.3) is 0 Å². The molecule has 0 radical (unpaired) electrons. The normalized spacial score (nSPS) is 18.3. The summed E-state index contributed by atoms with van der Waals surface area (Å²) in [5.41, 5.74) is 1.34. The van der Waals surface area contributed by atoms with Gasteiger partial charge in [-0.15, -0.1) is 0 Å². The van der Waals surface area contributed by atoms with Crippen LogP contribution in [0.4, 0.5) is 10.5 Å². The molecule has 5 nitrogen and oxygen atoms in total. The zero-order valence-electron chi connectivity index (χ0n) is 12.3. The van der Waals surface area contributed by atoms with Gasteiger partial charge in [0.1, 0.15) is 0 Å². The van der Waals surface area contributed by atoms with Gasteiger partial charge in [-0.1, -0.05) is 25.5 Å². The topological polar surface area (TPSA) is 69.6 Å². The van der Waals surface area contributed by atoms with Crippen molar-refractivity contribution in [2.24, 2.45) is 5.92 Å². The van der Waals surface area contributed by atoms with E-state index >= 15 is 0 Å². The number of urea groups is 1. The monoisotopic (exact) mass is 290 g/mol. The van der Waals surface area contributed by atoms with Crippen LogP contribution < -0.4 is 5.32 Å². The van der Waals surface area contributed by atoms with Gasteiger partial charge in [-0.05, 0) is 36.5 Å². The molecule has 21 heavy (non-hydrogen) atoms. The standard InChI is InChI=1S/C16H22N2O3/c1-2-12-6-4-8-18(11-12)16(21)17-14-7-3-5-13(9-14)10-15(19)20/h3,5,7,9,12H,2,4,6,8,10-11H2,1H3,(H,17,21)(H,19,20). The summed E-state index contributed by atoms with van der Waals surface area (Å²) in [5, 5.41) is 11.7. The molecule has 2 rings (SSSR count). The number of hydrogen-bond donors (Lipinski definition) is 2. The molecule has 114 valence electrons. The lowest BCUT2D eigenvalue weighted by Gasteiger charge is -2.32. The fourth-order valence-corrected chi connectivity index (χ4v) is 2.72. The smallest absolute Gasteiger partial charge is 0.321 e. The van der Waals surface area contributed by atoms with Crippen molar-refractivity contribution in [3.05, 3.63) is 29.8 Å². The van der Waals surface area contributed by atoms with Crippen molar-refractivity contribution in [2.45, 2.75) is 32.6 Å². The van der Waals surface area contributed by atoms with Crippen LogP contribution in [0.2, 0.25) is 0 Å². The minimum atomic E-state index is -0.875. The number of nitrogens with one attached hydrogen (secondary N) is 1. The first-order chi connectivity index (χ1) is 10.1. The molecule has 0 aromatic heterocycles. The molecular formula is C16H22N2O3. The van der Waals surface area contributed by atoms with Crippen LogP contribution in [0.25, 0.3) is 0 Å². The molecule has 0 spiro atoms. The molecule has 1 aliphatic rings. The Labute approximate surface area is 125 Å². The van der Waals surface area contributed by atoms with Crippen LogP contribution in [0, 0.1) is 5.92 Å². The number of carboxylic acids is 1. The Bertz CT molecular complexity index is 516. The molecule has 1 atom stereocenters. The van der Waals surface area contributed by atoms with E-state index in [-0.39, 0.29) is 12.5 Å². The number of amides is 2. The number of piperidine rings is 1. The van der Waals surface area contributed by atoms with Crippen molar-refractivity contribution in [1.82, 2.24) is 4.90 Å². The van der Waals surface area contributed by atoms with Gasteiger partial charge in [0.2, 0.25) is 0 Å². The van der Waals surface area contributed by atoms with E-state index in [0.29, 0.717) is 17.2 Å². The lowest BCUT2D eigenvalue weighted by Crippen LogP contribution is -2.42. The quantitative estimate of drug-likeness (QED) is 0.895. The molecule has 0 aliphatic carbocycles. The van der Waals surface area contributed by atoms with Gasteiger partial charge in [0.15, 0.2) is 0 Å². The summed E-state index contributed by atoms with van der Waals surface area (Å²) in [7, 11) is 0. The summed E-state index contributed by atoms with van der Waals surface area (Å²) in [4.78, 5) is 24.8. The summed E-state index contributed by atoms with van der Waals surface area (Å²) < 4.78 is 0. The lowest BCUT2D eigenvalue weighted by atomic mass is 9.96. The number of carbonyl (C=O) groups is 2. The highest BCUT2D eigenvalue weighted by Crippen LogP contribution is 2.20. The van der Waals surface area contributed by atoms with E-state index in [2.05, 4.69) is 12.2 Å². The largest absolute Gasteiger partial charge is 0.481 e. The maximum atomic E-state index is 12.3. The van der Waals surface area contributed by atoms with Crippen molar-refractivity contribution in [1.29, 1.82) is 0 Å². The first kappa shape index (κ1) is 15.4. The Balaban J connectivity index is 1.97. The van der Waals surface area contributed by atoms with Gasteiger partial charge >= 0.3 is 12.0 Å². The van der Waals surface area contributed by atoms with E-state index in [0.717, 1.165) is 25.9 Å². The fourth-order valence-electron chi connectivity index (χ4n) is 2.72.